The molecule has 0 radical (unpaired) electrons. The molecule has 0 saturated heterocycles. The molecular weight excluding hydrogens is 200 g/mol. The van der Waals surface area contributed by atoms with Crippen molar-refractivity contribution in [3.05, 3.63) is 66.7 Å². The zero-order valence-corrected chi connectivity index (χ0v) is 8.88. The van der Waals surface area contributed by atoms with Gasteiger partial charge in [-0.3, -0.25) is 0 Å². The van der Waals surface area contributed by atoms with Gasteiger partial charge >= 0.3 is 0 Å². The molecule has 0 fully saturated rings. The Hall–Kier alpha value is -2.22. The van der Waals surface area contributed by atoms with Crippen LogP contribution in [0.3, 0.4) is 0 Å². The van der Waals surface area contributed by atoms with Crippen LogP contribution in [0.15, 0.2) is 61.2 Å². The third-order valence-corrected chi connectivity index (χ3v) is 1.88. The van der Waals surface area contributed by atoms with Gasteiger partial charge in [0.25, 0.3) is 0 Å². The molecule has 0 unspecified atom stereocenters. The molecule has 2 aromatic carbocycles. The summed E-state index contributed by atoms with van der Waals surface area (Å²) in [5.74, 6) is 0.614. The van der Waals surface area contributed by atoms with Gasteiger partial charge in [-0.2, -0.15) is 0 Å². The molecule has 2 heteroatoms. The van der Waals surface area contributed by atoms with Crippen LogP contribution in [0, 0.1) is 0 Å². The highest BCUT2D eigenvalue weighted by Gasteiger charge is 1.84. The molecule has 0 aliphatic rings. The summed E-state index contributed by atoms with van der Waals surface area (Å²) in [6, 6.07) is 15.6. The van der Waals surface area contributed by atoms with E-state index in [1.165, 1.54) is 0 Å². The van der Waals surface area contributed by atoms with Gasteiger partial charge in [0, 0.05) is 0 Å². The van der Waals surface area contributed by atoms with Crippen molar-refractivity contribution < 1.29 is 10.2 Å². The minimum atomic E-state index is 0.292. The van der Waals surface area contributed by atoms with Crippen LogP contribution in [0.25, 0.3) is 6.08 Å². The summed E-state index contributed by atoms with van der Waals surface area (Å²) in [5, 5.41) is 17.5. The standard InChI is InChI=1S/C8H8O.C6H6O/c1-2-7-3-5-8(9)6-4-7;7-6-4-2-1-3-5-6/h2-6,9H,1H2;1-5,7H. The van der Waals surface area contributed by atoms with E-state index < -0.39 is 0 Å². The number of phenolic OH excluding ortho intramolecular Hbond substituents is 2. The largest absolute Gasteiger partial charge is 0.508 e. The van der Waals surface area contributed by atoms with Gasteiger partial charge in [0.15, 0.2) is 0 Å². The third kappa shape index (κ3) is 4.33. The molecule has 0 amide bonds. The van der Waals surface area contributed by atoms with Crippen LogP contribution in [0.5, 0.6) is 11.5 Å². The Labute approximate surface area is 95.1 Å². The summed E-state index contributed by atoms with van der Waals surface area (Å²) < 4.78 is 0. The molecule has 0 aliphatic heterocycles. The van der Waals surface area contributed by atoms with Crippen LogP contribution < -0.4 is 0 Å². The Kier molecular flexibility index (Phi) is 4.67. The van der Waals surface area contributed by atoms with Gasteiger partial charge in [-0.1, -0.05) is 43.0 Å². The van der Waals surface area contributed by atoms with Gasteiger partial charge in [0.2, 0.25) is 0 Å². The number of rotatable bonds is 1. The van der Waals surface area contributed by atoms with Crippen LogP contribution in [0.4, 0.5) is 0 Å². The number of hydrogen-bond donors (Lipinski definition) is 2. The molecule has 0 heterocycles. The Morgan fingerprint density at radius 2 is 1.25 bits per heavy atom. The molecule has 2 nitrogen and oxygen atoms in total. The predicted molar refractivity (Wildman–Crippen MR) is 66.3 cm³/mol. The van der Waals surface area contributed by atoms with E-state index in [1.807, 2.05) is 18.2 Å². The minimum Gasteiger partial charge on any atom is -0.508 e. The summed E-state index contributed by atoms with van der Waals surface area (Å²) >= 11 is 0. The number of phenols is 2. The number of benzene rings is 2. The molecule has 16 heavy (non-hydrogen) atoms. The molecule has 0 aliphatic carbocycles. The van der Waals surface area contributed by atoms with Gasteiger partial charge in [-0.15, -0.1) is 0 Å². The lowest BCUT2D eigenvalue weighted by Gasteiger charge is -1.90. The quantitative estimate of drug-likeness (QED) is 0.763. The topological polar surface area (TPSA) is 40.5 Å². The van der Waals surface area contributed by atoms with Crippen LogP contribution in [-0.4, -0.2) is 10.2 Å². The van der Waals surface area contributed by atoms with Gasteiger partial charge in [-0.05, 0) is 29.8 Å². The van der Waals surface area contributed by atoms with Crippen LogP contribution in [0.1, 0.15) is 5.56 Å². The second-order valence-corrected chi connectivity index (χ2v) is 3.13. The zero-order valence-electron chi connectivity index (χ0n) is 8.88. The lowest BCUT2D eigenvalue weighted by atomic mass is 10.2. The maximum Gasteiger partial charge on any atom is 0.115 e. The van der Waals surface area contributed by atoms with Crippen molar-refractivity contribution in [2.24, 2.45) is 0 Å². The van der Waals surface area contributed by atoms with E-state index in [4.69, 9.17) is 10.2 Å². The molecule has 0 spiro atoms. The molecular formula is C14H14O2. The Balaban J connectivity index is 0.000000165. The van der Waals surface area contributed by atoms with E-state index in [0.29, 0.717) is 11.5 Å². The first-order valence-corrected chi connectivity index (χ1v) is 4.88. The van der Waals surface area contributed by atoms with Crippen molar-refractivity contribution in [2.75, 3.05) is 0 Å². The van der Waals surface area contributed by atoms with E-state index in [0.717, 1.165) is 5.56 Å². The first kappa shape index (κ1) is 11.9. The molecule has 2 rings (SSSR count). The maximum absolute atomic E-state index is 8.82. The lowest BCUT2D eigenvalue weighted by Crippen LogP contribution is -1.67. The average Bonchev–Trinajstić information content (AvgIpc) is 2.32. The molecule has 0 aromatic heterocycles. The van der Waals surface area contributed by atoms with Crippen molar-refractivity contribution in [1.29, 1.82) is 0 Å². The minimum absolute atomic E-state index is 0.292. The predicted octanol–water partition coefficient (Wildman–Crippen LogP) is 3.43. The second-order valence-electron chi connectivity index (χ2n) is 3.13. The molecule has 0 saturated carbocycles. The second kappa shape index (κ2) is 6.30. The highest BCUT2D eigenvalue weighted by molar-refractivity contribution is 5.47. The van der Waals surface area contributed by atoms with E-state index in [2.05, 4.69) is 6.58 Å². The van der Waals surface area contributed by atoms with Crippen molar-refractivity contribution in [2.45, 2.75) is 0 Å². The van der Waals surface area contributed by atoms with Crippen molar-refractivity contribution in [3.63, 3.8) is 0 Å². The normalized spacial score (nSPS) is 8.75. The Bertz CT molecular complexity index is 418. The van der Waals surface area contributed by atoms with Crippen LogP contribution >= 0.6 is 0 Å². The van der Waals surface area contributed by atoms with Gasteiger partial charge in [-0.25, -0.2) is 0 Å². The number of aromatic hydroxyl groups is 2. The molecule has 0 atom stereocenters. The Morgan fingerprint density at radius 1 is 0.750 bits per heavy atom. The van der Waals surface area contributed by atoms with Crippen molar-refractivity contribution in [1.82, 2.24) is 0 Å². The fourth-order valence-electron chi connectivity index (χ4n) is 1.04. The van der Waals surface area contributed by atoms with E-state index in [-0.39, 0.29) is 0 Å². The molecule has 82 valence electrons. The Morgan fingerprint density at radius 3 is 1.62 bits per heavy atom. The highest BCUT2D eigenvalue weighted by Crippen LogP contribution is 2.09. The third-order valence-electron chi connectivity index (χ3n) is 1.88. The first-order chi connectivity index (χ1) is 7.72. The lowest BCUT2D eigenvalue weighted by molar-refractivity contribution is 0.475. The number of para-hydroxylation sites is 1. The summed E-state index contributed by atoms with van der Waals surface area (Å²) in [6.07, 6.45) is 1.74. The van der Waals surface area contributed by atoms with E-state index in [1.54, 1.807) is 42.5 Å². The van der Waals surface area contributed by atoms with Crippen LogP contribution in [-0.2, 0) is 0 Å². The SMILES string of the molecule is C=Cc1ccc(O)cc1.Oc1ccccc1. The van der Waals surface area contributed by atoms with E-state index in [9.17, 15) is 0 Å². The summed E-state index contributed by atoms with van der Waals surface area (Å²) in [5.41, 5.74) is 1.02. The van der Waals surface area contributed by atoms with Gasteiger partial charge in [0.05, 0.1) is 0 Å². The number of hydrogen-bond acceptors (Lipinski definition) is 2. The first-order valence-electron chi connectivity index (χ1n) is 4.88. The summed E-state index contributed by atoms with van der Waals surface area (Å²) in [4.78, 5) is 0. The fourth-order valence-corrected chi connectivity index (χ4v) is 1.04. The van der Waals surface area contributed by atoms with Crippen molar-refractivity contribution in [3.8, 4) is 11.5 Å². The monoisotopic (exact) mass is 214 g/mol. The summed E-state index contributed by atoms with van der Waals surface area (Å²) in [7, 11) is 0. The van der Waals surface area contributed by atoms with Crippen LogP contribution in [0.2, 0.25) is 0 Å². The maximum atomic E-state index is 8.82. The molecule has 2 N–H and O–H groups in total. The fraction of sp³-hybridized carbons (Fsp3) is 0. The van der Waals surface area contributed by atoms with Gasteiger partial charge < -0.3 is 10.2 Å². The summed E-state index contributed by atoms with van der Waals surface area (Å²) in [6.45, 7) is 3.58. The smallest absolute Gasteiger partial charge is 0.115 e. The van der Waals surface area contributed by atoms with Crippen molar-refractivity contribution >= 4 is 6.08 Å². The average molecular weight is 214 g/mol. The zero-order chi connectivity index (χ0) is 11.8. The van der Waals surface area contributed by atoms with E-state index >= 15 is 0 Å². The molecule has 2 aromatic rings. The highest BCUT2D eigenvalue weighted by atomic mass is 16.3. The molecule has 0 bridgehead atoms. The van der Waals surface area contributed by atoms with Gasteiger partial charge in [0.1, 0.15) is 11.5 Å².